The van der Waals surface area contributed by atoms with Crippen LogP contribution >= 0.6 is 0 Å². The Kier molecular flexibility index (Phi) is 5.07. The number of aryl methyl sites for hydroxylation is 1. The van der Waals surface area contributed by atoms with Crippen LogP contribution < -0.4 is 11.1 Å². The number of aromatic nitrogens is 3. The number of fused-ring (bicyclic) bond motifs is 2. The number of rotatable bonds is 5. The Bertz CT molecular complexity index is 1330. The second-order valence-electron chi connectivity index (χ2n) is 7.80. The summed E-state index contributed by atoms with van der Waals surface area (Å²) in [6.45, 7) is 3.46. The number of primary amides is 1. The average Bonchev–Trinajstić information content (AvgIpc) is 3.14. The normalized spacial score (nSPS) is 13.2. The fourth-order valence-electron chi connectivity index (χ4n) is 4.10. The minimum Gasteiger partial charge on any atom is -0.376 e. The van der Waals surface area contributed by atoms with Gasteiger partial charge in [-0.05, 0) is 42.8 Å². The zero-order valence-electron chi connectivity index (χ0n) is 17.6. The summed E-state index contributed by atoms with van der Waals surface area (Å²) >= 11 is 0. The van der Waals surface area contributed by atoms with E-state index < -0.39 is 5.91 Å². The SMILES string of the molecule is Cc1cc2c(C(N)=O)cccc2n1-c1nc2c(c(NCc3ccc(F)cc3)n1)COCC2. The van der Waals surface area contributed by atoms with Gasteiger partial charge in [-0.3, -0.25) is 9.36 Å². The molecular weight excluding hydrogens is 409 g/mol. The van der Waals surface area contributed by atoms with Crippen LogP contribution in [0.1, 0.15) is 32.9 Å². The second-order valence-corrected chi connectivity index (χ2v) is 7.80. The van der Waals surface area contributed by atoms with Gasteiger partial charge in [-0.15, -0.1) is 0 Å². The summed E-state index contributed by atoms with van der Waals surface area (Å²) in [7, 11) is 0. The summed E-state index contributed by atoms with van der Waals surface area (Å²) in [5, 5.41) is 4.13. The molecule has 2 aromatic carbocycles. The summed E-state index contributed by atoms with van der Waals surface area (Å²) in [5.41, 5.74) is 10.5. The van der Waals surface area contributed by atoms with E-state index >= 15 is 0 Å². The van der Waals surface area contributed by atoms with Gasteiger partial charge in [0.05, 0.1) is 24.4 Å². The lowest BCUT2D eigenvalue weighted by atomic mass is 10.1. The van der Waals surface area contributed by atoms with Crippen LogP contribution in [0.4, 0.5) is 10.2 Å². The van der Waals surface area contributed by atoms with Crippen LogP contribution in [0.5, 0.6) is 0 Å². The molecule has 32 heavy (non-hydrogen) atoms. The van der Waals surface area contributed by atoms with E-state index in [1.54, 1.807) is 24.3 Å². The molecule has 0 fully saturated rings. The number of anilines is 1. The largest absolute Gasteiger partial charge is 0.376 e. The third kappa shape index (κ3) is 3.58. The van der Waals surface area contributed by atoms with Gasteiger partial charge in [-0.2, -0.15) is 4.98 Å². The molecule has 1 aliphatic rings. The highest BCUT2D eigenvalue weighted by Gasteiger charge is 2.21. The van der Waals surface area contributed by atoms with Gasteiger partial charge in [0.25, 0.3) is 0 Å². The molecule has 3 heterocycles. The zero-order valence-corrected chi connectivity index (χ0v) is 17.6. The van der Waals surface area contributed by atoms with Gasteiger partial charge < -0.3 is 15.8 Å². The van der Waals surface area contributed by atoms with Crippen molar-refractivity contribution in [2.45, 2.75) is 26.5 Å². The molecule has 8 heteroatoms. The fraction of sp³-hybridized carbons (Fsp3) is 0.208. The van der Waals surface area contributed by atoms with Crippen LogP contribution in [0, 0.1) is 12.7 Å². The Morgan fingerprint density at radius 2 is 2.03 bits per heavy atom. The first kappa shape index (κ1) is 20.1. The topological polar surface area (TPSA) is 95.1 Å². The van der Waals surface area contributed by atoms with Crippen molar-refractivity contribution in [3.05, 3.63) is 82.4 Å². The lowest BCUT2D eigenvalue weighted by Gasteiger charge is -2.21. The predicted molar refractivity (Wildman–Crippen MR) is 119 cm³/mol. The lowest BCUT2D eigenvalue weighted by Crippen LogP contribution is -2.19. The number of carbonyl (C=O) groups is 1. The van der Waals surface area contributed by atoms with Gasteiger partial charge in [0.15, 0.2) is 0 Å². The van der Waals surface area contributed by atoms with Crippen LogP contribution in [-0.2, 0) is 24.3 Å². The first-order valence-electron chi connectivity index (χ1n) is 10.4. The van der Waals surface area contributed by atoms with E-state index in [9.17, 15) is 9.18 Å². The highest BCUT2D eigenvalue weighted by Crippen LogP contribution is 2.29. The molecule has 0 saturated heterocycles. The van der Waals surface area contributed by atoms with Gasteiger partial charge in [0.2, 0.25) is 11.9 Å². The molecule has 162 valence electrons. The van der Waals surface area contributed by atoms with E-state index in [-0.39, 0.29) is 5.82 Å². The van der Waals surface area contributed by atoms with E-state index in [2.05, 4.69) is 5.32 Å². The highest BCUT2D eigenvalue weighted by atomic mass is 19.1. The smallest absolute Gasteiger partial charge is 0.249 e. The maximum absolute atomic E-state index is 13.2. The molecule has 4 aromatic rings. The minimum atomic E-state index is -0.474. The fourth-order valence-corrected chi connectivity index (χ4v) is 4.10. The van der Waals surface area contributed by atoms with Crippen molar-refractivity contribution in [3.63, 3.8) is 0 Å². The van der Waals surface area contributed by atoms with Crippen LogP contribution in [0.15, 0.2) is 48.5 Å². The van der Waals surface area contributed by atoms with Crippen LogP contribution in [0.3, 0.4) is 0 Å². The van der Waals surface area contributed by atoms with Gasteiger partial charge in [0.1, 0.15) is 11.6 Å². The van der Waals surface area contributed by atoms with Gasteiger partial charge in [-0.25, -0.2) is 9.37 Å². The molecule has 5 rings (SSSR count). The molecule has 0 aliphatic carbocycles. The van der Waals surface area contributed by atoms with Crippen molar-refractivity contribution in [2.75, 3.05) is 11.9 Å². The average molecular weight is 431 g/mol. The van der Waals surface area contributed by atoms with Crippen molar-refractivity contribution >= 4 is 22.6 Å². The lowest BCUT2D eigenvalue weighted by molar-refractivity contribution is 0.100. The second kappa shape index (κ2) is 8.05. The molecule has 1 aliphatic heterocycles. The summed E-state index contributed by atoms with van der Waals surface area (Å²) in [4.78, 5) is 21.5. The zero-order chi connectivity index (χ0) is 22.2. The van der Waals surface area contributed by atoms with E-state index in [1.807, 2.05) is 23.6 Å². The Morgan fingerprint density at radius 1 is 1.22 bits per heavy atom. The molecule has 7 nitrogen and oxygen atoms in total. The van der Waals surface area contributed by atoms with Gasteiger partial charge in [-0.1, -0.05) is 18.2 Å². The molecule has 0 bridgehead atoms. The van der Waals surface area contributed by atoms with Crippen molar-refractivity contribution in [1.29, 1.82) is 0 Å². The predicted octanol–water partition coefficient (Wildman–Crippen LogP) is 3.65. The number of ether oxygens (including phenoxy) is 1. The quantitative estimate of drug-likeness (QED) is 0.503. The molecule has 0 radical (unpaired) electrons. The molecule has 2 aromatic heterocycles. The van der Waals surface area contributed by atoms with Gasteiger partial charge >= 0.3 is 0 Å². The number of nitrogens with one attached hydrogen (secondary N) is 1. The monoisotopic (exact) mass is 431 g/mol. The van der Waals surface area contributed by atoms with Crippen molar-refractivity contribution in [3.8, 4) is 5.95 Å². The molecule has 0 saturated carbocycles. The van der Waals surface area contributed by atoms with E-state index in [0.717, 1.165) is 33.4 Å². The number of benzene rings is 2. The maximum atomic E-state index is 13.2. The van der Waals surface area contributed by atoms with E-state index in [1.165, 1.54) is 12.1 Å². The number of carbonyl (C=O) groups excluding carboxylic acids is 1. The Labute approximate surface area is 184 Å². The van der Waals surface area contributed by atoms with Crippen molar-refractivity contribution < 1.29 is 13.9 Å². The van der Waals surface area contributed by atoms with E-state index in [0.29, 0.717) is 43.5 Å². The summed E-state index contributed by atoms with van der Waals surface area (Å²) in [5.74, 6) is 0.453. The minimum absolute atomic E-state index is 0.269. The number of hydrogen-bond acceptors (Lipinski definition) is 5. The molecule has 3 N–H and O–H groups in total. The van der Waals surface area contributed by atoms with Crippen molar-refractivity contribution in [2.24, 2.45) is 5.73 Å². The summed E-state index contributed by atoms with van der Waals surface area (Å²) < 4.78 is 20.8. The van der Waals surface area contributed by atoms with Crippen LogP contribution in [0.2, 0.25) is 0 Å². The number of hydrogen-bond donors (Lipinski definition) is 2. The number of nitrogens with two attached hydrogens (primary N) is 1. The number of amides is 1. The number of halogens is 1. The molecule has 0 spiro atoms. The van der Waals surface area contributed by atoms with Gasteiger partial charge in [0, 0.05) is 35.2 Å². The Morgan fingerprint density at radius 3 is 2.81 bits per heavy atom. The summed E-state index contributed by atoms with van der Waals surface area (Å²) in [6.07, 6.45) is 0.681. The van der Waals surface area contributed by atoms with Crippen LogP contribution in [0.25, 0.3) is 16.9 Å². The Hall–Kier alpha value is -3.78. The number of nitrogens with zero attached hydrogens (tertiary/aromatic N) is 3. The first-order valence-corrected chi connectivity index (χ1v) is 10.4. The maximum Gasteiger partial charge on any atom is 0.249 e. The third-order valence-corrected chi connectivity index (χ3v) is 5.68. The first-order chi connectivity index (χ1) is 15.5. The van der Waals surface area contributed by atoms with E-state index in [4.69, 9.17) is 20.4 Å². The molecular formula is C24H22FN5O2. The third-order valence-electron chi connectivity index (χ3n) is 5.68. The highest BCUT2D eigenvalue weighted by molar-refractivity contribution is 6.06. The summed E-state index contributed by atoms with van der Waals surface area (Å²) in [6, 6.07) is 13.7. The standard InChI is InChI=1S/C24H22FN5O2/c1-14-11-18-17(22(26)31)3-2-4-21(18)30(14)24-28-20-9-10-32-13-19(20)23(29-24)27-12-15-5-7-16(25)8-6-15/h2-8,11H,9-10,12-13H2,1H3,(H2,26,31)(H,27,28,29). The van der Waals surface area contributed by atoms with Crippen molar-refractivity contribution in [1.82, 2.24) is 14.5 Å². The molecule has 0 atom stereocenters. The van der Waals surface area contributed by atoms with Crippen LogP contribution in [-0.4, -0.2) is 27.0 Å². The molecule has 0 unspecified atom stereocenters. The molecule has 1 amide bonds. The Balaban J connectivity index is 1.60.